The first-order chi connectivity index (χ1) is 7.54. The number of rotatable bonds is 3. The summed E-state index contributed by atoms with van der Waals surface area (Å²) < 4.78 is 0. The van der Waals surface area contributed by atoms with Gasteiger partial charge in [-0.2, -0.15) is 0 Å². The van der Waals surface area contributed by atoms with E-state index in [4.69, 9.17) is 5.84 Å². The van der Waals surface area contributed by atoms with Gasteiger partial charge in [-0.05, 0) is 13.3 Å². The smallest absolute Gasteiger partial charge is 0.236 e. The van der Waals surface area contributed by atoms with Gasteiger partial charge < -0.3 is 4.90 Å². The van der Waals surface area contributed by atoms with Crippen molar-refractivity contribution >= 4 is 11.8 Å². The number of hydrazine groups is 1. The first-order valence-electron chi connectivity index (χ1n) is 5.52. The number of carbonyl (C=O) groups excluding carboxylic acids is 2. The number of nitrogens with two attached hydrogens (primary N) is 1. The second-order valence-corrected chi connectivity index (χ2v) is 4.26. The van der Waals surface area contributed by atoms with Gasteiger partial charge >= 0.3 is 0 Å². The van der Waals surface area contributed by atoms with Crippen molar-refractivity contribution in [3.05, 3.63) is 0 Å². The van der Waals surface area contributed by atoms with Gasteiger partial charge in [0.2, 0.25) is 11.8 Å². The van der Waals surface area contributed by atoms with Crippen molar-refractivity contribution in [2.45, 2.75) is 25.8 Å². The predicted molar refractivity (Wildman–Crippen MR) is 60.2 cm³/mol. The van der Waals surface area contributed by atoms with E-state index in [1.807, 2.05) is 18.9 Å². The molecular formula is C10H20N4O2. The molecule has 0 saturated carbocycles. The highest BCUT2D eigenvalue weighted by atomic mass is 16.2. The van der Waals surface area contributed by atoms with E-state index in [1.54, 1.807) is 4.90 Å². The van der Waals surface area contributed by atoms with Crippen LogP contribution in [0.1, 0.15) is 19.8 Å². The van der Waals surface area contributed by atoms with E-state index in [2.05, 4.69) is 5.43 Å². The number of amides is 2. The van der Waals surface area contributed by atoms with Crippen LogP contribution in [0.2, 0.25) is 0 Å². The molecule has 0 spiro atoms. The molecule has 16 heavy (non-hydrogen) atoms. The lowest BCUT2D eigenvalue weighted by molar-refractivity contribution is -0.131. The Morgan fingerprint density at radius 1 is 1.56 bits per heavy atom. The van der Waals surface area contributed by atoms with Crippen LogP contribution in [0.3, 0.4) is 0 Å². The maximum Gasteiger partial charge on any atom is 0.236 e. The Morgan fingerprint density at radius 2 is 2.25 bits per heavy atom. The maximum absolute atomic E-state index is 11.6. The molecule has 6 heteroatoms. The van der Waals surface area contributed by atoms with Gasteiger partial charge in [-0.15, -0.1) is 0 Å². The topological polar surface area (TPSA) is 78.7 Å². The van der Waals surface area contributed by atoms with E-state index in [1.165, 1.54) is 0 Å². The monoisotopic (exact) mass is 228 g/mol. The Hall–Kier alpha value is -1.14. The number of nitrogens with one attached hydrogen (secondary N) is 1. The van der Waals surface area contributed by atoms with Gasteiger partial charge in [-0.25, -0.2) is 5.84 Å². The number of likely N-dealkylation sites (N-methyl/N-ethyl adjacent to an activating group) is 1. The zero-order valence-electron chi connectivity index (χ0n) is 9.90. The van der Waals surface area contributed by atoms with Gasteiger partial charge in [0.05, 0.1) is 6.54 Å². The van der Waals surface area contributed by atoms with Crippen LogP contribution in [0.15, 0.2) is 0 Å². The molecule has 0 aromatic heterocycles. The molecule has 0 aromatic rings. The van der Waals surface area contributed by atoms with Crippen LogP contribution < -0.4 is 11.3 Å². The molecule has 92 valence electrons. The molecular weight excluding hydrogens is 208 g/mol. The van der Waals surface area contributed by atoms with Crippen LogP contribution in [-0.2, 0) is 9.59 Å². The quantitative estimate of drug-likeness (QED) is 0.366. The molecule has 0 bridgehead atoms. The van der Waals surface area contributed by atoms with Crippen LogP contribution in [0.5, 0.6) is 0 Å². The van der Waals surface area contributed by atoms with Gasteiger partial charge in [0, 0.05) is 32.6 Å². The molecule has 1 aliphatic heterocycles. The highest BCUT2D eigenvalue weighted by Gasteiger charge is 2.23. The third-order valence-corrected chi connectivity index (χ3v) is 2.97. The van der Waals surface area contributed by atoms with Crippen LogP contribution in [0.4, 0.5) is 0 Å². The largest absolute Gasteiger partial charge is 0.345 e. The lowest BCUT2D eigenvalue weighted by atomic mass is 10.2. The zero-order chi connectivity index (χ0) is 12.1. The summed E-state index contributed by atoms with van der Waals surface area (Å²) in [6.45, 7) is 3.95. The van der Waals surface area contributed by atoms with Gasteiger partial charge in [0.1, 0.15) is 0 Å². The fraction of sp³-hybridized carbons (Fsp3) is 0.800. The van der Waals surface area contributed by atoms with Crippen molar-refractivity contribution in [1.29, 1.82) is 0 Å². The molecule has 1 rings (SSSR count). The SMILES string of the molecule is CC(CC(=O)NN)N1CCCN(C)C(=O)C1. The standard InChI is InChI=1S/C10H20N4O2/c1-8(6-9(15)12-11)14-5-3-4-13(2)10(16)7-14/h8H,3-7,11H2,1-2H3,(H,12,15). The molecule has 1 atom stereocenters. The minimum Gasteiger partial charge on any atom is -0.345 e. The first-order valence-corrected chi connectivity index (χ1v) is 5.52. The Bertz CT molecular complexity index is 270. The minimum absolute atomic E-state index is 0.0407. The van der Waals surface area contributed by atoms with E-state index >= 15 is 0 Å². The van der Waals surface area contributed by atoms with E-state index in [0.29, 0.717) is 13.0 Å². The molecule has 3 N–H and O–H groups in total. The average molecular weight is 228 g/mol. The average Bonchev–Trinajstić information content (AvgIpc) is 2.41. The summed E-state index contributed by atoms with van der Waals surface area (Å²) in [5.74, 6) is 4.95. The zero-order valence-corrected chi connectivity index (χ0v) is 9.90. The number of hydrogen-bond acceptors (Lipinski definition) is 4. The highest BCUT2D eigenvalue weighted by Crippen LogP contribution is 2.09. The van der Waals surface area contributed by atoms with Crippen molar-refractivity contribution in [2.75, 3.05) is 26.7 Å². The third kappa shape index (κ3) is 3.46. The van der Waals surface area contributed by atoms with Crippen LogP contribution in [0.25, 0.3) is 0 Å². The lowest BCUT2D eigenvalue weighted by Crippen LogP contribution is -2.42. The molecule has 0 aromatic carbocycles. The molecule has 1 heterocycles. The molecule has 0 aliphatic carbocycles. The maximum atomic E-state index is 11.6. The first kappa shape index (κ1) is 12.9. The number of nitrogens with zero attached hydrogens (tertiary/aromatic N) is 2. The number of carbonyl (C=O) groups is 2. The molecule has 1 aliphatic rings. The van der Waals surface area contributed by atoms with Crippen molar-refractivity contribution in [2.24, 2.45) is 5.84 Å². The van der Waals surface area contributed by atoms with E-state index in [0.717, 1.165) is 19.5 Å². The van der Waals surface area contributed by atoms with Crippen molar-refractivity contribution in [1.82, 2.24) is 15.2 Å². The van der Waals surface area contributed by atoms with E-state index in [-0.39, 0.29) is 17.9 Å². The predicted octanol–water partition coefficient (Wildman–Crippen LogP) is -1.08. The summed E-state index contributed by atoms with van der Waals surface area (Å²) in [5, 5.41) is 0. The molecule has 1 fully saturated rings. The second kappa shape index (κ2) is 5.81. The van der Waals surface area contributed by atoms with Crippen molar-refractivity contribution in [3.63, 3.8) is 0 Å². The van der Waals surface area contributed by atoms with Crippen molar-refractivity contribution < 1.29 is 9.59 Å². The van der Waals surface area contributed by atoms with Gasteiger partial charge in [0.25, 0.3) is 0 Å². The minimum atomic E-state index is -0.197. The molecule has 1 saturated heterocycles. The van der Waals surface area contributed by atoms with Crippen LogP contribution in [-0.4, -0.2) is 54.3 Å². The van der Waals surface area contributed by atoms with E-state index in [9.17, 15) is 9.59 Å². The normalized spacial score (nSPS) is 20.4. The Balaban J connectivity index is 2.52. The second-order valence-electron chi connectivity index (χ2n) is 4.26. The Morgan fingerprint density at radius 3 is 2.88 bits per heavy atom. The van der Waals surface area contributed by atoms with Gasteiger partial charge in [0.15, 0.2) is 0 Å². The summed E-state index contributed by atoms with van der Waals surface area (Å²) in [6.07, 6.45) is 1.27. The van der Waals surface area contributed by atoms with E-state index < -0.39 is 0 Å². The third-order valence-electron chi connectivity index (χ3n) is 2.97. The Kier molecular flexibility index (Phi) is 4.70. The molecule has 0 radical (unpaired) electrons. The highest BCUT2D eigenvalue weighted by molar-refractivity contribution is 5.78. The fourth-order valence-electron chi connectivity index (χ4n) is 1.84. The molecule has 6 nitrogen and oxygen atoms in total. The number of hydrogen-bond donors (Lipinski definition) is 2. The summed E-state index contributed by atoms with van der Waals surface area (Å²) in [4.78, 5) is 26.5. The summed E-state index contributed by atoms with van der Waals surface area (Å²) >= 11 is 0. The van der Waals surface area contributed by atoms with Gasteiger partial charge in [-0.3, -0.25) is 19.9 Å². The van der Waals surface area contributed by atoms with Crippen molar-refractivity contribution in [3.8, 4) is 0 Å². The summed E-state index contributed by atoms with van der Waals surface area (Å²) in [7, 11) is 1.81. The molecule has 1 unspecified atom stereocenters. The summed E-state index contributed by atoms with van der Waals surface area (Å²) in [6, 6.07) is 0.0407. The molecule has 2 amide bonds. The lowest BCUT2D eigenvalue weighted by Gasteiger charge is -2.26. The fourth-order valence-corrected chi connectivity index (χ4v) is 1.84. The van der Waals surface area contributed by atoms with Gasteiger partial charge in [-0.1, -0.05) is 0 Å². The van der Waals surface area contributed by atoms with Crippen LogP contribution in [0, 0.1) is 0 Å². The Labute approximate surface area is 95.7 Å². The summed E-state index contributed by atoms with van der Waals surface area (Å²) in [5.41, 5.74) is 2.11. The van der Waals surface area contributed by atoms with Crippen LogP contribution >= 0.6 is 0 Å².